The number of ketones is 1. The molecule has 0 aromatic heterocycles. The van der Waals surface area contributed by atoms with Gasteiger partial charge in [0.1, 0.15) is 5.82 Å². The number of hydrogen-bond acceptors (Lipinski definition) is 3. The highest BCUT2D eigenvalue weighted by molar-refractivity contribution is 6.11. The molecule has 0 radical (unpaired) electrons. The van der Waals surface area contributed by atoms with E-state index < -0.39 is 17.6 Å². The molecule has 4 nitrogen and oxygen atoms in total. The third-order valence-corrected chi connectivity index (χ3v) is 3.39. The zero-order chi connectivity index (χ0) is 16.7. The zero-order valence-corrected chi connectivity index (χ0v) is 13.0. The first-order valence-electron chi connectivity index (χ1n) is 7.11. The van der Waals surface area contributed by atoms with E-state index in [1.165, 1.54) is 23.1 Å². The molecule has 1 atom stereocenters. The molecule has 1 amide bonds. The highest BCUT2D eigenvalue weighted by atomic mass is 19.1. The van der Waals surface area contributed by atoms with E-state index in [4.69, 9.17) is 5.26 Å². The second kappa shape index (κ2) is 8.08. The van der Waals surface area contributed by atoms with Gasteiger partial charge in [-0.2, -0.15) is 5.26 Å². The summed E-state index contributed by atoms with van der Waals surface area (Å²) in [5, 5.41) is 9.13. The van der Waals surface area contributed by atoms with Crippen molar-refractivity contribution >= 4 is 17.3 Å². The molecule has 1 rings (SSSR count). The Labute approximate surface area is 129 Å². The number of amides is 1. The average molecular weight is 302 g/mol. The smallest absolute Gasteiger partial charge is 0.247 e. The Morgan fingerprint density at radius 3 is 2.27 bits per heavy atom. The van der Waals surface area contributed by atoms with E-state index in [1.807, 2.05) is 0 Å². The number of carbonyl (C=O) groups is 2. The molecule has 0 bridgehead atoms. The fraction of sp³-hybridized carbons (Fsp3) is 0.353. The van der Waals surface area contributed by atoms with Crippen molar-refractivity contribution in [1.29, 1.82) is 5.26 Å². The van der Waals surface area contributed by atoms with E-state index >= 15 is 0 Å². The van der Waals surface area contributed by atoms with Crippen LogP contribution in [0.25, 0.3) is 5.57 Å². The van der Waals surface area contributed by atoms with Crippen LogP contribution in [-0.2, 0) is 9.59 Å². The minimum Gasteiger partial charge on any atom is -0.342 e. The van der Waals surface area contributed by atoms with Crippen LogP contribution in [0.5, 0.6) is 0 Å². The second-order valence-corrected chi connectivity index (χ2v) is 4.81. The molecule has 1 aromatic carbocycles. The van der Waals surface area contributed by atoms with Gasteiger partial charge in [-0.25, -0.2) is 4.39 Å². The Bertz CT molecular complexity index is 611. The Balaban J connectivity index is 2.97. The van der Waals surface area contributed by atoms with Gasteiger partial charge in [0.05, 0.1) is 6.07 Å². The van der Waals surface area contributed by atoms with Gasteiger partial charge < -0.3 is 4.90 Å². The number of nitrogens with zero attached hydrogens (tertiary/aromatic N) is 2. The lowest BCUT2D eigenvalue weighted by Crippen LogP contribution is -2.38. The summed E-state index contributed by atoms with van der Waals surface area (Å²) in [6.45, 7) is 6.16. The number of carbonyl (C=O) groups excluding carboxylic acids is 2. The quantitative estimate of drug-likeness (QED) is 0.599. The third kappa shape index (κ3) is 4.26. The number of hydrogen-bond donors (Lipinski definition) is 0. The molecule has 0 unspecified atom stereocenters. The highest BCUT2D eigenvalue weighted by Gasteiger charge is 2.28. The fourth-order valence-electron chi connectivity index (χ4n) is 2.05. The summed E-state index contributed by atoms with van der Waals surface area (Å²) < 4.78 is 12.9. The van der Waals surface area contributed by atoms with E-state index in [0.29, 0.717) is 24.2 Å². The van der Waals surface area contributed by atoms with Crippen molar-refractivity contribution in [1.82, 2.24) is 4.90 Å². The van der Waals surface area contributed by atoms with Crippen LogP contribution >= 0.6 is 0 Å². The maximum atomic E-state index is 12.9. The van der Waals surface area contributed by atoms with Crippen molar-refractivity contribution in [3.8, 4) is 6.07 Å². The van der Waals surface area contributed by atoms with Crippen LogP contribution < -0.4 is 0 Å². The number of rotatable bonds is 6. The highest BCUT2D eigenvalue weighted by Crippen LogP contribution is 2.16. The first-order chi connectivity index (χ1) is 10.4. The fourth-order valence-corrected chi connectivity index (χ4v) is 2.05. The average Bonchev–Trinajstić information content (AvgIpc) is 2.49. The van der Waals surface area contributed by atoms with Crippen LogP contribution in [0, 0.1) is 23.1 Å². The largest absolute Gasteiger partial charge is 0.342 e. The summed E-state index contributed by atoms with van der Waals surface area (Å²) in [6.07, 6.45) is 1.27. The van der Waals surface area contributed by atoms with Gasteiger partial charge in [-0.15, -0.1) is 0 Å². The minimum absolute atomic E-state index is 0.366. The van der Waals surface area contributed by atoms with Gasteiger partial charge in [-0.3, -0.25) is 9.59 Å². The van der Waals surface area contributed by atoms with Crippen LogP contribution in [0.1, 0.15) is 26.3 Å². The second-order valence-electron chi connectivity index (χ2n) is 4.81. The molecular weight excluding hydrogens is 283 g/mol. The Morgan fingerprint density at radius 2 is 1.82 bits per heavy atom. The molecule has 0 aliphatic rings. The van der Waals surface area contributed by atoms with Crippen molar-refractivity contribution in [2.24, 2.45) is 5.92 Å². The number of benzene rings is 1. The Morgan fingerprint density at radius 1 is 1.27 bits per heavy atom. The molecule has 5 heteroatoms. The van der Waals surface area contributed by atoms with Crippen LogP contribution in [0.3, 0.4) is 0 Å². The molecule has 0 N–H and O–H groups in total. The number of allylic oxidation sites excluding steroid dienone is 2. The van der Waals surface area contributed by atoms with Crippen molar-refractivity contribution in [2.75, 3.05) is 13.1 Å². The monoisotopic (exact) mass is 302 g/mol. The molecule has 1 aromatic rings. The first-order valence-corrected chi connectivity index (χ1v) is 7.11. The van der Waals surface area contributed by atoms with Gasteiger partial charge in [0, 0.05) is 13.1 Å². The summed E-state index contributed by atoms with van der Waals surface area (Å²) in [5.41, 5.74) is 1.25. The maximum Gasteiger partial charge on any atom is 0.247 e. The Hall–Kier alpha value is -2.48. The molecule has 0 spiro atoms. The predicted octanol–water partition coefficient (Wildman–Crippen LogP) is 2.81. The molecule has 0 fully saturated rings. The van der Waals surface area contributed by atoms with Gasteiger partial charge in [-0.05, 0) is 50.1 Å². The summed E-state index contributed by atoms with van der Waals surface area (Å²) in [7, 11) is 0. The molecular formula is C17H19FN2O2. The van der Waals surface area contributed by atoms with Gasteiger partial charge >= 0.3 is 0 Å². The van der Waals surface area contributed by atoms with Crippen molar-refractivity contribution < 1.29 is 14.0 Å². The van der Waals surface area contributed by atoms with Gasteiger partial charge in [0.2, 0.25) is 5.91 Å². The number of halogens is 1. The van der Waals surface area contributed by atoms with Crippen LogP contribution in [0.4, 0.5) is 4.39 Å². The molecule has 116 valence electrons. The summed E-state index contributed by atoms with van der Waals surface area (Å²) in [4.78, 5) is 25.8. The zero-order valence-electron chi connectivity index (χ0n) is 13.0. The topological polar surface area (TPSA) is 61.2 Å². The van der Waals surface area contributed by atoms with E-state index in [0.717, 1.165) is 0 Å². The summed E-state index contributed by atoms with van der Waals surface area (Å²) in [5.74, 6) is -2.74. The molecule has 0 aliphatic carbocycles. The molecule has 0 heterocycles. The molecule has 22 heavy (non-hydrogen) atoms. The van der Waals surface area contributed by atoms with E-state index in [2.05, 4.69) is 0 Å². The lowest BCUT2D eigenvalue weighted by molar-refractivity contribution is -0.137. The minimum atomic E-state index is -1.34. The summed E-state index contributed by atoms with van der Waals surface area (Å²) in [6, 6.07) is 7.44. The number of nitriles is 1. The first kappa shape index (κ1) is 17.6. The van der Waals surface area contributed by atoms with E-state index in [1.54, 1.807) is 39.0 Å². The lowest BCUT2D eigenvalue weighted by Gasteiger charge is -2.20. The normalized spacial score (nSPS) is 12.4. The lowest BCUT2D eigenvalue weighted by atomic mass is 9.99. The van der Waals surface area contributed by atoms with Crippen molar-refractivity contribution in [3.05, 3.63) is 41.7 Å². The molecule has 0 saturated carbocycles. The van der Waals surface area contributed by atoms with Crippen molar-refractivity contribution in [2.45, 2.75) is 20.8 Å². The SMILES string of the molecule is CCN(CC)C(=O)[C@H](C#N)C(=O)/C=C(/C)c1ccc(F)cc1. The van der Waals surface area contributed by atoms with Gasteiger partial charge in [-0.1, -0.05) is 12.1 Å². The predicted molar refractivity (Wildman–Crippen MR) is 82.1 cm³/mol. The van der Waals surface area contributed by atoms with Crippen LogP contribution in [0.15, 0.2) is 30.3 Å². The van der Waals surface area contributed by atoms with Crippen LogP contribution in [0.2, 0.25) is 0 Å². The standard InChI is InChI=1S/C17H19FN2O2/c1-4-20(5-2)17(22)15(11-19)16(21)10-12(3)13-6-8-14(18)9-7-13/h6-10,15H,4-5H2,1-3H3/b12-10-/t15-/m1/s1. The van der Waals surface area contributed by atoms with Crippen LogP contribution in [-0.4, -0.2) is 29.7 Å². The van der Waals surface area contributed by atoms with Gasteiger partial charge in [0.25, 0.3) is 0 Å². The van der Waals surface area contributed by atoms with Gasteiger partial charge in [0.15, 0.2) is 11.7 Å². The Kier molecular flexibility index (Phi) is 6.46. The third-order valence-electron chi connectivity index (χ3n) is 3.39. The van der Waals surface area contributed by atoms with Crippen molar-refractivity contribution in [3.63, 3.8) is 0 Å². The van der Waals surface area contributed by atoms with E-state index in [-0.39, 0.29) is 5.82 Å². The maximum absolute atomic E-state index is 12.9. The summed E-state index contributed by atoms with van der Waals surface area (Å²) >= 11 is 0. The van der Waals surface area contributed by atoms with E-state index in [9.17, 15) is 14.0 Å². The molecule has 0 aliphatic heterocycles. The molecule has 0 saturated heterocycles.